The molecule has 6 heteroatoms. The first-order chi connectivity index (χ1) is 9.06. The summed E-state index contributed by atoms with van der Waals surface area (Å²) in [5.41, 5.74) is 3.56. The molecule has 1 amide bonds. The van der Waals surface area contributed by atoms with Gasteiger partial charge in [0, 0.05) is 12.6 Å². The van der Waals surface area contributed by atoms with Crippen molar-refractivity contribution in [1.82, 2.24) is 9.78 Å². The molecule has 1 aliphatic rings. The lowest BCUT2D eigenvalue weighted by atomic mass is 10.1. The number of amides is 1. The second kappa shape index (κ2) is 4.38. The molecule has 5 nitrogen and oxygen atoms in total. The van der Waals surface area contributed by atoms with E-state index in [1.165, 1.54) is 0 Å². The third-order valence-electron chi connectivity index (χ3n) is 3.04. The molecule has 0 saturated carbocycles. The quantitative estimate of drug-likeness (QED) is 0.878. The van der Waals surface area contributed by atoms with Crippen molar-refractivity contribution in [1.29, 1.82) is 0 Å². The number of carbonyl (C=O) groups excluding carboxylic acids is 1. The Bertz CT molecular complexity index is 679. The molecule has 3 rings (SSSR count). The lowest BCUT2D eigenvalue weighted by molar-refractivity contribution is -0.118. The van der Waals surface area contributed by atoms with Crippen LogP contribution in [0.25, 0.3) is 11.3 Å². The topological polar surface area (TPSA) is 56.2 Å². The van der Waals surface area contributed by atoms with Crippen LogP contribution in [-0.4, -0.2) is 22.3 Å². The summed E-state index contributed by atoms with van der Waals surface area (Å²) in [7, 11) is 1.89. The van der Waals surface area contributed by atoms with Gasteiger partial charge in [-0.1, -0.05) is 0 Å². The normalized spacial score (nSPS) is 13.7. The van der Waals surface area contributed by atoms with Crippen molar-refractivity contribution in [2.24, 2.45) is 7.05 Å². The van der Waals surface area contributed by atoms with E-state index in [4.69, 9.17) is 4.74 Å². The summed E-state index contributed by atoms with van der Waals surface area (Å²) in [5.74, 6) is 0.559. The lowest BCUT2D eigenvalue weighted by Crippen LogP contribution is -2.25. The van der Waals surface area contributed by atoms with Gasteiger partial charge in [0.15, 0.2) is 6.61 Å². The highest BCUT2D eigenvalue weighted by atomic mass is 79.9. The van der Waals surface area contributed by atoms with Crippen LogP contribution < -0.4 is 10.1 Å². The van der Waals surface area contributed by atoms with Crippen LogP contribution in [0.2, 0.25) is 0 Å². The Labute approximate surface area is 118 Å². The van der Waals surface area contributed by atoms with E-state index in [2.05, 4.69) is 26.3 Å². The molecule has 1 aromatic carbocycles. The average Bonchev–Trinajstić information content (AvgIpc) is 2.62. The second-order valence-corrected chi connectivity index (χ2v) is 5.21. The van der Waals surface area contributed by atoms with Crippen molar-refractivity contribution in [3.63, 3.8) is 0 Å². The van der Waals surface area contributed by atoms with Gasteiger partial charge < -0.3 is 10.1 Å². The lowest BCUT2D eigenvalue weighted by Gasteiger charge is -2.18. The number of aryl methyl sites for hydroxylation is 2. The number of aromatic nitrogens is 2. The number of nitrogens with one attached hydrogen (secondary N) is 1. The highest BCUT2D eigenvalue weighted by Crippen LogP contribution is 2.36. The number of hydrogen-bond donors (Lipinski definition) is 1. The smallest absolute Gasteiger partial charge is 0.262 e. The minimum atomic E-state index is -0.134. The summed E-state index contributed by atoms with van der Waals surface area (Å²) >= 11 is 3.54. The third-order valence-corrected chi connectivity index (χ3v) is 3.98. The highest BCUT2D eigenvalue weighted by Gasteiger charge is 2.19. The molecule has 0 spiro atoms. The molecule has 1 aromatic heterocycles. The molecular formula is C13H12BrN3O2. The van der Waals surface area contributed by atoms with Gasteiger partial charge in [-0.05, 0) is 41.1 Å². The first-order valence-electron chi connectivity index (χ1n) is 5.82. The van der Waals surface area contributed by atoms with Crippen molar-refractivity contribution in [3.8, 4) is 17.0 Å². The Morgan fingerprint density at radius 2 is 2.26 bits per heavy atom. The molecule has 98 valence electrons. The summed E-state index contributed by atoms with van der Waals surface area (Å²) in [6.07, 6.45) is 0. The largest absolute Gasteiger partial charge is 0.482 e. The van der Waals surface area contributed by atoms with Crippen LogP contribution in [-0.2, 0) is 11.8 Å². The molecule has 1 N–H and O–H groups in total. The number of rotatable bonds is 1. The predicted octanol–water partition coefficient (Wildman–Crippen LogP) is 2.49. The number of nitrogens with zero attached hydrogens (tertiary/aromatic N) is 2. The monoisotopic (exact) mass is 321 g/mol. The Morgan fingerprint density at radius 3 is 2.95 bits per heavy atom. The van der Waals surface area contributed by atoms with Crippen LogP contribution in [0, 0.1) is 6.92 Å². The fourth-order valence-electron chi connectivity index (χ4n) is 2.18. The zero-order valence-electron chi connectivity index (χ0n) is 10.5. The molecular weight excluding hydrogens is 310 g/mol. The molecule has 1 aliphatic heterocycles. The van der Waals surface area contributed by atoms with Crippen molar-refractivity contribution < 1.29 is 9.53 Å². The molecule has 19 heavy (non-hydrogen) atoms. The molecule has 2 aromatic rings. The number of halogens is 1. The Balaban J connectivity index is 2.11. The van der Waals surface area contributed by atoms with Crippen LogP contribution in [0.15, 0.2) is 22.7 Å². The van der Waals surface area contributed by atoms with Crippen molar-refractivity contribution in [2.75, 3.05) is 11.9 Å². The predicted molar refractivity (Wildman–Crippen MR) is 75.2 cm³/mol. The van der Waals surface area contributed by atoms with Crippen LogP contribution >= 0.6 is 15.9 Å². The number of anilines is 1. The average molecular weight is 322 g/mol. The van der Waals surface area contributed by atoms with E-state index in [-0.39, 0.29) is 12.5 Å². The van der Waals surface area contributed by atoms with Crippen molar-refractivity contribution >= 4 is 27.5 Å². The standard InChI is InChI=1S/C13H12BrN3O2/c1-7-12(14)13(17(2)16-7)8-3-4-10-9(5-8)15-11(18)6-19-10/h3-5H,6H2,1-2H3,(H,15,18). The van der Waals surface area contributed by atoms with Gasteiger partial charge in [0.25, 0.3) is 5.91 Å². The number of fused-ring (bicyclic) bond motifs is 1. The Kier molecular flexibility index (Phi) is 2.82. The molecule has 0 fully saturated rings. The zero-order chi connectivity index (χ0) is 13.6. The van der Waals surface area contributed by atoms with E-state index < -0.39 is 0 Å². The summed E-state index contributed by atoms with van der Waals surface area (Å²) in [4.78, 5) is 11.3. The van der Waals surface area contributed by atoms with Crippen molar-refractivity contribution in [2.45, 2.75) is 6.92 Å². The Morgan fingerprint density at radius 1 is 1.47 bits per heavy atom. The van der Waals surface area contributed by atoms with Crippen LogP contribution in [0.4, 0.5) is 5.69 Å². The SMILES string of the molecule is Cc1nn(C)c(-c2ccc3c(c2)NC(=O)CO3)c1Br. The maximum Gasteiger partial charge on any atom is 0.262 e. The van der Waals surface area contributed by atoms with Crippen LogP contribution in [0.1, 0.15) is 5.69 Å². The van der Waals surface area contributed by atoms with Gasteiger partial charge in [0.2, 0.25) is 0 Å². The second-order valence-electron chi connectivity index (χ2n) is 4.42. The zero-order valence-corrected chi connectivity index (χ0v) is 12.1. The van der Waals surface area contributed by atoms with E-state index in [1.54, 1.807) is 0 Å². The van der Waals surface area contributed by atoms with Crippen LogP contribution in [0.5, 0.6) is 5.75 Å². The molecule has 0 unspecified atom stereocenters. The van der Waals surface area contributed by atoms with E-state index in [0.29, 0.717) is 11.4 Å². The van der Waals surface area contributed by atoms with Crippen LogP contribution in [0.3, 0.4) is 0 Å². The third kappa shape index (κ3) is 2.02. The number of hydrogen-bond acceptors (Lipinski definition) is 3. The highest BCUT2D eigenvalue weighted by molar-refractivity contribution is 9.10. The maximum absolute atomic E-state index is 11.3. The Hall–Kier alpha value is -1.82. The summed E-state index contributed by atoms with van der Waals surface area (Å²) in [5, 5.41) is 7.17. The molecule has 0 aliphatic carbocycles. The number of carbonyl (C=O) groups is 1. The molecule has 0 radical (unpaired) electrons. The molecule has 0 saturated heterocycles. The molecule has 0 bridgehead atoms. The van der Waals surface area contributed by atoms with E-state index >= 15 is 0 Å². The first-order valence-corrected chi connectivity index (χ1v) is 6.61. The van der Waals surface area contributed by atoms with Gasteiger partial charge in [-0.3, -0.25) is 9.48 Å². The minimum Gasteiger partial charge on any atom is -0.482 e. The van der Waals surface area contributed by atoms with Gasteiger partial charge in [-0.15, -0.1) is 0 Å². The van der Waals surface area contributed by atoms with E-state index in [9.17, 15) is 4.79 Å². The fraction of sp³-hybridized carbons (Fsp3) is 0.231. The molecule has 0 atom stereocenters. The van der Waals surface area contributed by atoms with Gasteiger partial charge in [-0.25, -0.2) is 0 Å². The van der Waals surface area contributed by atoms with Gasteiger partial charge in [0.05, 0.1) is 21.5 Å². The van der Waals surface area contributed by atoms with E-state index in [0.717, 1.165) is 21.4 Å². The summed E-state index contributed by atoms with van der Waals surface area (Å²) < 4.78 is 8.11. The van der Waals surface area contributed by atoms with Gasteiger partial charge >= 0.3 is 0 Å². The van der Waals surface area contributed by atoms with Gasteiger partial charge in [-0.2, -0.15) is 5.10 Å². The maximum atomic E-state index is 11.3. The molecule has 2 heterocycles. The van der Waals surface area contributed by atoms with E-state index in [1.807, 2.05) is 36.9 Å². The minimum absolute atomic E-state index is 0.0703. The van der Waals surface area contributed by atoms with Gasteiger partial charge in [0.1, 0.15) is 5.75 Å². The van der Waals surface area contributed by atoms with Crippen molar-refractivity contribution in [3.05, 3.63) is 28.4 Å². The fourth-order valence-corrected chi connectivity index (χ4v) is 2.74. The summed E-state index contributed by atoms with van der Waals surface area (Å²) in [6, 6.07) is 5.71. The summed E-state index contributed by atoms with van der Waals surface area (Å²) in [6.45, 7) is 2.01. The number of ether oxygens (including phenoxy) is 1. The first kappa shape index (κ1) is 12.2. The number of benzene rings is 1.